The second-order valence-electron chi connectivity index (χ2n) is 4.87. The first-order chi connectivity index (χ1) is 11.1. The summed E-state index contributed by atoms with van der Waals surface area (Å²) in [5.74, 6) is -0.387. The smallest absolute Gasteiger partial charge is 0.335 e. The van der Waals surface area contributed by atoms with Crippen molar-refractivity contribution in [3.63, 3.8) is 0 Å². The second-order valence-corrected chi connectivity index (χ2v) is 5.28. The lowest BCUT2D eigenvalue weighted by atomic mass is 10.1. The molecule has 23 heavy (non-hydrogen) atoms. The summed E-state index contributed by atoms with van der Waals surface area (Å²) < 4.78 is 5.25. The molecule has 6 heteroatoms. The zero-order valence-electron chi connectivity index (χ0n) is 12.2. The minimum Gasteiger partial charge on any atom is -0.495 e. The van der Waals surface area contributed by atoms with Crippen LogP contribution >= 0.6 is 11.6 Å². The van der Waals surface area contributed by atoms with E-state index in [0.717, 1.165) is 22.3 Å². The molecule has 1 heterocycles. The Labute approximate surface area is 137 Å². The first kappa shape index (κ1) is 15.1. The highest BCUT2D eigenvalue weighted by atomic mass is 35.5. The Hall–Kier alpha value is -2.79. The van der Waals surface area contributed by atoms with Crippen molar-refractivity contribution in [3.8, 4) is 5.75 Å². The Kier molecular flexibility index (Phi) is 4.04. The van der Waals surface area contributed by atoms with Crippen LogP contribution in [-0.4, -0.2) is 23.2 Å². The van der Waals surface area contributed by atoms with Gasteiger partial charge in [-0.25, -0.2) is 4.79 Å². The van der Waals surface area contributed by atoms with Crippen LogP contribution < -0.4 is 10.1 Å². The number of benzene rings is 2. The summed E-state index contributed by atoms with van der Waals surface area (Å²) in [5, 5.41) is 13.5. The second kappa shape index (κ2) is 6.14. The zero-order valence-corrected chi connectivity index (χ0v) is 13.0. The Morgan fingerprint density at radius 2 is 1.96 bits per heavy atom. The molecule has 0 aliphatic rings. The van der Waals surface area contributed by atoms with Gasteiger partial charge in [-0.3, -0.25) is 4.98 Å². The number of carbonyl (C=O) groups is 1. The maximum atomic E-state index is 10.9. The minimum atomic E-state index is -0.953. The molecule has 1 aromatic heterocycles. The average Bonchev–Trinajstić information content (AvgIpc) is 2.55. The van der Waals surface area contributed by atoms with Crippen LogP contribution in [0.4, 0.5) is 11.4 Å². The van der Waals surface area contributed by atoms with E-state index < -0.39 is 5.97 Å². The third-order valence-corrected chi connectivity index (χ3v) is 3.72. The van der Waals surface area contributed by atoms with Crippen molar-refractivity contribution in [1.82, 2.24) is 4.98 Å². The number of anilines is 2. The number of methoxy groups -OCH3 is 1. The number of carboxylic acids is 1. The molecule has 0 atom stereocenters. The Bertz CT molecular complexity index is 879. The number of halogens is 1. The van der Waals surface area contributed by atoms with Crippen LogP contribution in [-0.2, 0) is 0 Å². The lowest BCUT2D eigenvalue weighted by molar-refractivity contribution is 0.0697. The quantitative estimate of drug-likeness (QED) is 0.745. The van der Waals surface area contributed by atoms with Crippen molar-refractivity contribution in [2.24, 2.45) is 0 Å². The fourth-order valence-electron chi connectivity index (χ4n) is 2.26. The number of fused-ring (bicyclic) bond motifs is 1. The summed E-state index contributed by atoms with van der Waals surface area (Å²) in [7, 11) is 1.56. The van der Waals surface area contributed by atoms with Crippen LogP contribution in [0.2, 0.25) is 5.02 Å². The monoisotopic (exact) mass is 328 g/mol. The SMILES string of the molecule is COc1cc2c(Nc3ccc(C(=O)O)cc3)ccnc2cc1Cl. The fourth-order valence-corrected chi connectivity index (χ4v) is 2.50. The van der Waals surface area contributed by atoms with Crippen LogP contribution in [0.25, 0.3) is 10.9 Å². The highest BCUT2D eigenvalue weighted by Crippen LogP contribution is 2.33. The first-order valence-corrected chi connectivity index (χ1v) is 7.19. The van der Waals surface area contributed by atoms with E-state index in [1.807, 2.05) is 12.1 Å². The van der Waals surface area contributed by atoms with Crippen molar-refractivity contribution in [1.29, 1.82) is 0 Å². The number of rotatable bonds is 4. The topological polar surface area (TPSA) is 71.5 Å². The third-order valence-electron chi connectivity index (χ3n) is 3.43. The third kappa shape index (κ3) is 3.05. The number of ether oxygens (including phenoxy) is 1. The largest absolute Gasteiger partial charge is 0.495 e. The number of pyridine rings is 1. The molecule has 3 aromatic rings. The normalized spacial score (nSPS) is 10.5. The number of nitrogens with zero attached hydrogens (tertiary/aromatic N) is 1. The molecular weight excluding hydrogens is 316 g/mol. The van der Waals surface area contributed by atoms with Gasteiger partial charge in [-0.15, -0.1) is 0 Å². The number of aromatic nitrogens is 1. The van der Waals surface area contributed by atoms with Gasteiger partial charge in [0.15, 0.2) is 0 Å². The molecule has 0 aliphatic carbocycles. The van der Waals surface area contributed by atoms with E-state index in [1.165, 1.54) is 0 Å². The summed E-state index contributed by atoms with van der Waals surface area (Å²) in [4.78, 5) is 15.2. The predicted octanol–water partition coefficient (Wildman–Crippen LogP) is 4.34. The van der Waals surface area contributed by atoms with E-state index in [9.17, 15) is 4.79 Å². The highest BCUT2D eigenvalue weighted by Gasteiger charge is 2.09. The summed E-state index contributed by atoms with van der Waals surface area (Å²) in [6.45, 7) is 0. The molecule has 0 spiro atoms. The molecule has 0 fully saturated rings. The predicted molar refractivity (Wildman–Crippen MR) is 90.0 cm³/mol. The highest BCUT2D eigenvalue weighted by molar-refractivity contribution is 6.33. The molecule has 0 saturated carbocycles. The molecule has 3 rings (SSSR count). The maximum Gasteiger partial charge on any atom is 0.335 e. The molecule has 0 radical (unpaired) electrons. The summed E-state index contributed by atoms with van der Waals surface area (Å²) in [5.41, 5.74) is 2.58. The minimum absolute atomic E-state index is 0.239. The van der Waals surface area contributed by atoms with Crippen molar-refractivity contribution in [2.75, 3.05) is 12.4 Å². The van der Waals surface area contributed by atoms with E-state index in [-0.39, 0.29) is 5.56 Å². The summed E-state index contributed by atoms with van der Waals surface area (Å²) in [6, 6.07) is 11.9. The summed E-state index contributed by atoms with van der Waals surface area (Å²) in [6.07, 6.45) is 1.68. The number of aromatic carboxylic acids is 1. The van der Waals surface area contributed by atoms with Crippen LogP contribution in [0.1, 0.15) is 10.4 Å². The molecular formula is C17H13ClN2O3. The van der Waals surface area contributed by atoms with Crippen LogP contribution in [0.15, 0.2) is 48.7 Å². The van der Waals surface area contributed by atoms with Gasteiger partial charge in [0, 0.05) is 23.0 Å². The van der Waals surface area contributed by atoms with Crippen LogP contribution in [0.3, 0.4) is 0 Å². The molecule has 2 N–H and O–H groups in total. The Morgan fingerprint density at radius 3 is 2.61 bits per heavy atom. The Morgan fingerprint density at radius 1 is 1.22 bits per heavy atom. The van der Waals surface area contributed by atoms with Gasteiger partial charge in [0.25, 0.3) is 0 Å². The fraction of sp³-hybridized carbons (Fsp3) is 0.0588. The van der Waals surface area contributed by atoms with Crippen LogP contribution in [0.5, 0.6) is 5.75 Å². The van der Waals surface area contributed by atoms with Crippen molar-refractivity contribution in [3.05, 3.63) is 59.2 Å². The van der Waals surface area contributed by atoms with Crippen molar-refractivity contribution >= 4 is 39.8 Å². The molecule has 0 unspecified atom stereocenters. The molecule has 2 aromatic carbocycles. The number of hydrogen-bond acceptors (Lipinski definition) is 4. The lowest BCUT2D eigenvalue weighted by Crippen LogP contribution is -1.97. The molecule has 0 bridgehead atoms. The molecule has 0 saturated heterocycles. The first-order valence-electron chi connectivity index (χ1n) is 6.81. The van der Waals surface area contributed by atoms with Gasteiger partial charge in [0.2, 0.25) is 0 Å². The number of carboxylic acid groups (broad SMARTS) is 1. The van der Waals surface area contributed by atoms with Gasteiger partial charge in [-0.05, 0) is 42.5 Å². The van der Waals surface area contributed by atoms with Gasteiger partial charge < -0.3 is 15.2 Å². The van der Waals surface area contributed by atoms with Gasteiger partial charge >= 0.3 is 5.97 Å². The number of hydrogen-bond donors (Lipinski definition) is 2. The van der Waals surface area contributed by atoms with E-state index >= 15 is 0 Å². The van der Waals surface area contributed by atoms with Crippen LogP contribution in [0, 0.1) is 0 Å². The van der Waals surface area contributed by atoms with Gasteiger partial charge in [-0.2, -0.15) is 0 Å². The van der Waals surface area contributed by atoms with E-state index in [2.05, 4.69) is 10.3 Å². The van der Waals surface area contributed by atoms with E-state index in [1.54, 1.807) is 43.6 Å². The van der Waals surface area contributed by atoms with E-state index in [0.29, 0.717) is 10.8 Å². The zero-order chi connectivity index (χ0) is 16.4. The van der Waals surface area contributed by atoms with E-state index in [4.69, 9.17) is 21.4 Å². The molecule has 0 amide bonds. The average molecular weight is 329 g/mol. The van der Waals surface area contributed by atoms with Gasteiger partial charge in [0.05, 0.1) is 23.2 Å². The van der Waals surface area contributed by atoms with Gasteiger partial charge in [-0.1, -0.05) is 11.6 Å². The summed E-state index contributed by atoms with van der Waals surface area (Å²) >= 11 is 6.12. The Balaban J connectivity index is 2.00. The van der Waals surface area contributed by atoms with Gasteiger partial charge in [0.1, 0.15) is 5.75 Å². The maximum absolute atomic E-state index is 10.9. The molecule has 5 nitrogen and oxygen atoms in total. The lowest BCUT2D eigenvalue weighted by Gasteiger charge is -2.11. The standard InChI is InChI=1S/C17H13ClN2O3/c1-23-16-8-12-14(6-7-19-15(12)9-13(16)18)20-11-4-2-10(3-5-11)17(21)22/h2-9H,1H3,(H,19,20)(H,21,22). The number of nitrogens with one attached hydrogen (secondary N) is 1. The van der Waals surface area contributed by atoms with Crippen molar-refractivity contribution < 1.29 is 14.6 Å². The van der Waals surface area contributed by atoms with Crippen molar-refractivity contribution in [2.45, 2.75) is 0 Å². The molecule has 0 aliphatic heterocycles. The molecule has 116 valence electrons.